The molecular weight excluding hydrogens is 320 g/mol. The van der Waals surface area contributed by atoms with Gasteiger partial charge in [0.25, 0.3) is 5.91 Å². The highest BCUT2D eigenvalue weighted by molar-refractivity contribution is 9.10. The van der Waals surface area contributed by atoms with Crippen LogP contribution in [0.5, 0.6) is 0 Å². The molecule has 5 nitrogen and oxygen atoms in total. The van der Waals surface area contributed by atoms with Crippen LogP contribution in [0.3, 0.4) is 0 Å². The first-order chi connectivity index (χ1) is 9.72. The Kier molecular flexibility index (Phi) is 3.39. The molecule has 3 heterocycles. The lowest BCUT2D eigenvalue weighted by molar-refractivity contribution is 0.102. The fourth-order valence-corrected chi connectivity index (χ4v) is 1.96. The first-order valence-electron chi connectivity index (χ1n) is 5.87. The first kappa shape index (κ1) is 12.7. The van der Waals surface area contributed by atoms with Gasteiger partial charge >= 0.3 is 0 Å². The topological polar surface area (TPSA) is 67.8 Å². The third-order valence-corrected chi connectivity index (χ3v) is 3.16. The van der Waals surface area contributed by atoms with Crippen molar-refractivity contribution in [1.82, 2.24) is 15.0 Å². The van der Waals surface area contributed by atoms with Crippen molar-refractivity contribution in [2.24, 2.45) is 0 Å². The van der Waals surface area contributed by atoms with E-state index >= 15 is 0 Å². The molecule has 1 N–H and O–H groups in total. The number of amides is 1. The first-order valence-corrected chi connectivity index (χ1v) is 6.66. The molecule has 0 aliphatic heterocycles. The van der Waals surface area contributed by atoms with Crippen molar-refractivity contribution in [1.29, 1.82) is 0 Å². The molecule has 1 amide bonds. The molecule has 0 radical (unpaired) electrons. The molecule has 0 bridgehead atoms. The maximum absolute atomic E-state index is 12.0. The Hall–Kier alpha value is -2.34. The van der Waals surface area contributed by atoms with Gasteiger partial charge in [-0.3, -0.25) is 4.79 Å². The van der Waals surface area contributed by atoms with Crippen molar-refractivity contribution in [3.8, 4) is 0 Å². The summed E-state index contributed by atoms with van der Waals surface area (Å²) in [4.78, 5) is 24.5. The Morgan fingerprint density at radius 1 is 1.10 bits per heavy atom. The molecule has 6 heteroatoms. The molecule has 3 aromatic heterocycles. The predicted octanol–water partition coefficient (Wildman–Crippen LogP) is 3.04. The summed E-state index contributed by atoms with van der Waals surface area (Å²) in [6.45, 7) is 0. The summed E-state index contributed by atoms with van der Waals surface area (Å²) in [6, 6.07) is 10.8. The molecule has 3 aromatic rings. The number of halogens is 1. The van der Waals surface area contributed by atoms with E-state index in [0.717, 1.165) is 5.39 Å². The number of fused-ring (bicyclic) bond motifs is 1. The largest absolute Gasteiger partial charge is 0.306 e. The minimum atomic E-state index is -0.257. The summed E-state index contributed by atoms with van der Waals surface area (Å²) in [6.07, 6.45) is 3.16. The summed E-state index contributed by atoms with van der Waals surface area (Å²) >= 11 is 3.23. The van der Waals surface area contributed by atoms with E-state index in [1.54, 1.807) is 24.4 Å². The highest BCUT2D eigenvalue weighted by Gasteiger charge is 2.07. The second kappa shape index (κ2) is 5.34. The summed E-state index contributed by atoms with van der Waals surface area (Å²) in [5.74, 6) is 0.205. The van der Waals surface area contributed by atoms with Crippen molar-refractivity contribution in [2.75, 3.05) is 5.32 Å². The number of carbonyl (C=O) groups excluding carboxylic acids is 1. The molecule has 0 aliphatic carbocycles. The van der Waals surface area contributed by atoms with Gasteiger partial charge in [0.05, 0.1) is 5.56 Å². The molecule has 98 valence electrons. The van der Waals surface area contributed by atoms with Crippen molar-refractivity contribution in [3.05, 3.63) is 59.0 Å². The van der Waals surface area contributed by atoms with E-state index in [1.165, 1.54) is 6.20 Å². The fourth-order valence-electron chi connectivity index (χ4n) is 1.72. The van der Waals surface area contributed by atoms with Gasteiger partial charge in [-0.2, -0.15) is 0 Å². The van der Waals surface area contributed by atoms with Gasteiger partial charge in [0.15, 0.2) is 5.65 Å². The van der Waals surface area contributed by atoms with Crippen LogP contribution in [0.4, 0.5) is 5.82 Å². The van der Waals surface area contributed by atoms with Crippen LogP contribution in [0.15, 0.2) is 53.4 Å². The molecule has 3 rings (SSSR count). The van der Waals surface area contributed by atoms with Crippen molar-refractivity contribution < 1.29 is 4.79 Å². The lowest BCUT2D eigenvalue weighted by Crippen LogP contribution is -2.13. The van der Waals surface area contributed by atoms with Gasteiger partial charge in [-0.05, 0) is 52.3 Å². The van der Waals surface area contributed by atoms with Crippen molar-refractivity contribution in [3.63, 3.8) is 0 Å². The number of hydrogen-bond donors (Lipinski definition) is 1. The smallest absolute Gasteiger partial charge is 0.258 e. The lowest BCUT2D eigenvalue weighted by atomic mass is 10.2. The molecule has 0 atom stereocenters. The molecule has 0 aliphatic rings. The highest BCUT2D eigenvalue weighted by atomic mass is 79.9. The Bertz CT molecular complexity index is 773. The van der Waals surface area contributed by atoms with Crippen LogP contribution in [0.2, 0.25) is 0 Å². The second-order valence-electron chi connectivity index (χ2n) is 4.07. The SMILES string of the molecule is O=C(Nc1ccc2cccnc2n1)c1ccc(Br)nc1. The minimum Gasteiger partial charge on any atom is -0.306 e. The van der Waals surface area contributed by atoms with E-state index in [-0.39, 0.29) is 5.91 Å². The standard InChI is InChI=1S/C14H9BrN4O/c15-11-5-3-10(8-17-11)14(20)19-12-6-4-9-2-1-7-16-13(9)18-12/h1-8H,(H,16,18,19,20). The molecule has 0 unspecified atom stereocenters. The summed E-state index contributed by atoms with van der Waals surface area (Å²) < 4.78 is 0.682. The van der Waals surface area contributed by atoms with Gasteiger partial charge < -0.3 is 5.32 Å². The number of rotatable bonds is 2. The molecule has 0 aromatic carbocycles. The van der Waals surface area contributed by atoms with E-state index in [2.05, 4.69) is 36.2 Å². The maximum Gasteiger partial charge on any atom is 0.258 e. The van der Waals surface area contributed by atoms with E-state index < -0.39 is 0 Å². The number of carbonyl (C=O) groups is 1. The van der Waals surface area contributed by atoms with Crippen molar-refractivity contribution in [2.45, 2.75) is 0 Å². The van der Waals surface area contributed by atoms with Gasteiger partial charge in [-0.15, -0.1) is 0 Å². The van der Waals surface area contributed by atoms with Gasteiger partial charge in [0.1, 0.15) is 10.4 Å². The predicted molar refractivity (Wildman–Crippen MR) is 79.4 cm³/mol. The van der Waals surface area contributed by atoms with Crippen LogP contribution in [0.25, 0.3) is 11.0 Å². The van der Waals surface area contributed by atoms with E-state index in [0.29, 0.717) is 21.6 Å². The Morgan fingerprint density at radius 2 is 2.00 bits per heavy atom. The lowest BCUT2D eigenvalue weighted by Gasteiger charge is -2.05. The minimum absolute atomic E-state index is 0.257. The molecular formula is C14H9BrN4O. The zero-order valence-corrected chi connectivity index (χ0v) is 11.8. The third kappa shape index (κ3) is 2.65. The third-order valence-electron chi connectivity index (χ3n) is 2.70. The molecule has 20 heavy (non-hydrogen) atoms. The summed E-state index contributed by atoms with van der Waals surface area (Å²) in [5.41, 5.74) is 1.07. The molecule has 0 fully saturated rings. The van der Waals surface area contributed by atoms with Gasteiger partial charge in [0.2, 0.25) is 0 Å². The van der Waals surface area contributed by atoms with Crippen LogP contribution in [-0.4, -0.2) is 20.9 Å². The second-order valence-corrected chi connectivity index (χ2v) is 4.88. The van der Waals surface area contributed by atoms with E-state index in [4.69, 9.17) is 0 Å². The Labute approximate surface area is 123 Å². The van der Waals surface area contributed by atoms with Crippen LogP contribution in [-0.2, 0) is 0 Å². The van der Waals surface area contributed by atoms with Crippen LogP contribution < -0.4 is 5.32 Å². The van der Waals surface area contributed by atoms with E-state index in [1.807, 2.05) is 18.2 Å². The molecule has 0 spiro atoms. The number of nitrogens with zero attached hydrogens (tertiary/aromatic N) is 3. The number of pyridine rings is 3. The van der Waals surface area contributed by atoms with Crippen LogP contribution in [0.1, 0.15) is 10.4 Å². The number of anilines is 1. The average Bonchev–Trinajstić information content (AvgIpc) is 2.48. The van der Waals surface area contributed by atoms with Crippen LogP contribution >= 0.6 is 15.9 Å². The zero-order chi connectivity index (χ0) is 13.9. The summed E-state index contributed by atoms with van der Waals surface area (Å²) in [7, 11) is 0. The number of hydrogen-bond acceptors (Lipinski definition) is 4. The summed E-state index contributed by atoms with van der Waals surface area (Å²) in [5, 5.41) is 3.65. The maximum atomic E-state index is 12.0. The molecule has 0 saturated heterocycles. The quantitative estimate of drug-likeness (QED) is 0.734. The Morgan fingerprint density at radius 3 is 2.80 bits per heavy atom. The van der Waals surface area contributed by atoms with Gasteiger partial charge in [-0.25, -0.2) is 15.0 Å². The normalized spacial score (nSPS) is 10.4. The van der Waals surface area contributed by atoms with Gasteiger partial charge in [-0.1, -0.05) is 0 Å². The highest BCUT2D eigenvalue weighted by Crippen LogP contribution is 2.13. The monoisotopic (exact) mass is 328 g/mol. The number of nitrogens with one attached hydrogen (secondary N) is 1. The van der Waals surface area contributed by atoms with E-state index in [9.17, 15) is 4.79 Å². The van der Waals surface area contributed by atoms with Gasteiger partial charge in [0, 0.05) is 17.8 Å². The molecule has 0 saturated carbocycles. The Balaban J connectivity index is 1.85. The number of aromatic nitrogens is 3. The van der Waals surface area contributed by atoms with Crippen LogP contribution in [0, 0.1) is 0 Å². The zero-order valence-electron chi connectivity index (χ0n) is 10.2. The average molecular weight is 329 g/mol. The fraction of sp³-hybridized carbons (Fsp3) is 0. The van der Waals surface area contributed by atoms with Crippen molar-refractivity contribution >= 4 is 38.7 Å².